The van der Waals surface area contributed by atoms with Crippen LogP contribution in [0.4, 0.5) is 0 Å². The number of carboxylic acid groups (broad SMARTS) is 1. The average molecular weight is 281 g/mol. The lowest BCUT2D eigenvalue weighted by molar-refractivity contribution is -0.140. The number of hydrogen-bond donors (Lipinski definition) is 3. The molecule has 0 spiro atoms. The molecule has 1 aliphatic carbocycles. The van der Waals surface area contributed by atoms with Crippen molar-refractivity contribution in [1.82, 2.24) is 5.32 Å². The van der Waals surface area contributed by atoms with Gasteiger partial charge >= 0.3 is 5.97 Å². The number of aliphatic hydroxyl groups is 1. The zero-order valence-corrected chi connectivity index (χ0v) is 11.7. The molecule has 1 aliphatic rings. The molecule has 1 unspecified atom stereocenters. The Morgan fingerprint density at radius 3 is 2.55 bits per heavy atom. The molecular formula is C14H19NO5. The van der Waals surface area contributed by atoms with E-state index >= 15 is 0 Å². The van der Waals surface area contributed by atoms with Crippen LogP contribution in [-0.2, 0) is 15.2 Å². The minimum Gasteiger partial charge on any atom is -0.481 e. The summed E-state index contributed by atoms with van der Waals surface area (Å²) < 4.78 is 5.11. The number of amides is 1. The summed E-state index contributed by atoms with van der Waals surface area (Å²) in [6.45, 7) is 5.00. The van der Waals surface area contributed by atoms with Gasteiger partial charge in [-0.1, -0.05) is 13.8 Å². The summed E-state index contributed by atoms with van der Waals surface area (Å²) in [5, 5.41) is 21.8. The van der Waals surface area contributed by atoms with E-state index in [1.165, 1.54) is 13.2 Å². The van der Waals surface area contributed by atoms with E-state index in [1.54, 1.807) is 26.0 Å². The molecule has 0 aromatic carbocycles. The number of carboxylic acids is 1. The van der Waals surface area contributed by atoms with Crippen molar-refractivity contribution < 1.29 is 24.2 Å². The quantitative estimate of drug-likeness (QED) is 0.746. The molecule has 20 heavy (non-hydrogen) atoms. The molecule has 1 aromatic heterocycles. The first-order valence-corrected chi connectivity index (χ1v) is 6.45. The minimum absolute atomic E-state index is 0.0295. The van der Waals surface area contributed by atoms with Crippen molar-refractivity contribution in [3.05, 3.63) is 24.2 Å². The van der Waals surface area contributed by atoms with E-state index in [0.29, 0.717) is 5.76 Å². The maximum Gasteiger partial charge on any atom is 0.307 e. The van der Waals surface area contributed by atoms with Gasteiger partial charge in [0.15, 0.2) is 0 Å². The molecule has 1 saturated carbocycles. The predicted octanol–water partition coefficient (Wildman–Crippen LogP) is 0.960. The Morgan fingerprint density at radius 1 is 1.45 bits per heavy atom. The first-order chi connectivity index (χ1) is 9.18. The Labute approximate surface area is 116 Å². The number of rotatable bonds is 5. The first-order valence-electron chi connectivity index (χ1n) is 6.45. The van der Waals surface area contributed by atoms with E-state index in [4.69, 9.17) is 9.52 Å². The van der Waals surface area contributed by atoms with Crippen molar-refractivity contribution in [1.29, 1.82) is 0 Å². The molecule has 6 heteroatoms. The van der Waals surface area contributed by atoms with Gasteiger partial charge in [-0.15, -0.1) is 0 Å². The van der Waals surface area contributed by atoms with Gasteiger partial charge in [0.05, 0.1) is 24.6 Å². The van der Waals surface area contributed by atoms with Crippen LogP contribution >= 0.6 is 0 Å². The second-order valence-electron chi connectivity index (χ2n) is 6.08. The number of nitrogens with one attached hydrogen (secondary N) is 1. The normalized spacial score (nSPS) is 26.6. The van der Waals surface area contributed by atoms with Crippen molar-refractivity contribution in [2.75, 3.05) is 6.54 Å². The topological polar surface area (TPSA) is 99.8 Å². The molecule has 1 fully saturated rings. The fourth-order valence-electron chi connectivity index (χ4n) is 2.63. The Kier molecular flexibility index (Phi) is 3.37. The molecule has 1 amide bonds. The third-order valence-corrected chi connectivity index (χ3v) is 4.03. The van der Waals surface area contributed by atoms with Gasteiger partial charge in [-0.25, -0.2) is 0 Å². The van der Waals surface area contributed by atoms with Crippen molar-refractivity contribution in [3.63, 3.8) is 0 Å². The van der Waals surface area contributed by atoms with E-state index in [-0.39, 0.29) is 12.5 Å². The third kappa shape index (κ3) is 2.43. The van der Waals surface area contributed by atoms with E-state index in [1.807, 2.05) is 0 Å². The molecule has 0 radical (unpaired) electrons. The van der Waals surface area contributed by atoms with Gasteiger partial charge in [-0.3, -0.25) is 9.59 Å². The molecule has 0 saturated heterocycles. The maximum atomic E-state index is 12.0. The molecular weight excluding hydrogens is 262 g/mol. The van der Waals surface area contributed by atoms with Crippen molar-refractivity contribution >= 4 is 11.9 Å². The maximum absolute atomic E-state index is 12.0. The highest BCUT2D eigenvalue weighted by molar-refractivity contribution is 5.91. The second-order valence-corrected chi connectivity index (χ2v) is 6.08. The Bertz CT molecular complexity index is 518. The number of carbonyl (C=O) groups is 2. The molecule has 3 atom stereocenters. The van der Waals surface area contributed by atoms with E-state index < -0.39 is 28.8 Å². The fraction of sp³-hybridized carbons (Fsp3) is 0.571. The molecule has 6 nitrogen and oxygen atoms in total. The van der Waals surface area contributed by atoms with Gasteiger partial charge in [-0.2, -0.15) is 0 Å². The van der Waals surface area contributed by atoms with Crippen molar-refractivity contribution in [3.8, 4) is 0 Å². The summed E-state index contributed by atoms with van der Waals surface area (Å²) in [7, 11) is 0. The largest absolute Gasteiger partial charge is 0.481 e. The van der Waals surface area contributed by atoms with Crippen LogP contribution in [0.2, 0.25) is 0 Å². The standard InChI is InChI=1S/C14H19NO5/c1-13(2)9(10(13)12(17)18)11(16)15-7-14(3,19)8-5-4-6-20-8/h4-6,9-10,19H,7H2,1-3H3,(H,15,16)(H,17,18)/t9-,10+,14?/m0/s1. The van der Waals surface area contributed by atoms with Gasteiger partial charge in [0.1, 0.15) is 11.4 Å². The molecule has 0 bridgehead atoms. The number of furan rings is 1. The van der Waals surface area contributed by atoms with E-state index in [2.05, 4.69) is 5.32 Å². The highest BCUT2D eigenvalue weighted by atomic mass is 16.4. The van der Waals surface area contributed by atoms with Crippen LogP contribution in [0, 0.1) is 17.3 Å². The predicted molar refractivity (Wildman–Crippen MR) is 69.7 cm³/mol. The van der Waals surface area contributed by atoms with Crippen LogP contribution in [0.1, 0.15) is 26.5 Å². The Hall–Kier alpha value is -1.82. The molecule has 110 valence electrons. The van der Waals surface area contributed by atoms with Gasteiger partial charge in [0, 0.05) is 0 Å². The van der Waals surface area contributed by atoms with Crippen LogP contribution in [0.25, 0.3) is 0 Å². The smallest absolute Gasteiger partial charge is 0.307 e. The molecule has 3 N–H and O–H groups in total. The lowest BCUT2D eigenvalue weighted by atomic mass is 10.0. The van der Waals surface area contributed by atoms with Crippen LogP contribution in [0.3, 0.4) is 0 Å². The number of aliphatic carboxylic acids is 1. The highest BCUT2D eigenvalue weighted by Crippen LogP contribution is 2.58. The second kappa shape index (κ2) is 4.63. The van der Waals surface area contributed by atoms with Crippen molar-refractivity contribution in [2.24, 2.45) is 17.3 Å². The number of hydrogen-bond acceptors (Lipinski definition) is 4. The third-order valence-electron chi connectivity index (χ3n) is 4.03. The molecule has 1 aromatic rings. The van der Waals surface area contributed by atoms with Crippen LogP contribution in [-0.4, -0.2) is 28.6 Å². The Balaban J connectivity index is 1.96. The number of carbonyl (C=O) groups excluding carboxylic acids is 1. The minimum atomic E-state index is -1.32. The average Bonchev–Trinajstić information content (AvgIpc) is 2.76. The molecule has 1 heterocycles. The Morgan fingerprint density at radius 2 is 2.10 bits per heavy atom. The zero-order chi connectivity index (χ0) is 15.1. The highest BCUT2D eigenvalue weighted by Gasteiger charge is 2.65. The molecule has 2 rings (SSSR count). The zero-order valence-electron chi connectivity index (χ0n) is 11.7. The lowest BCUT2D eigenvalue weighted by Gasteiger charge is -2.21. The summed E-state index contributed by atoms with van der Waals surface area (Å²) in [4.78, 5) is 23.1. The molecule has 0 aliphatic heterocycles. The van der Waals surface area contributed by atoms with E-state index in [9.17, 15) is 14.7 Å². The van der Waals surface area contributed by atoms with Crippen LogP contribution in [0.15, 0.2) is 22.8 Å². The van der Waals surface area contributed by atoms with Crippen molar-refractivity contribution in [2.45, 2.75) is 26.4 Å². The van der Waals surface area contributed by atoms with E-state index in [0.717, 1.165) is 0 Å². The lowest BCUT2D eigenvalue weighted by Crippen LogP contribution is -2.39. The first kappa shape index (κ1) is 14.6. The van der Waals surface area contributed by atoms with Crippen LogP contribution < -0.4 is 5.32 Å². The monoisotopic (exact) mass is 281 g/mol. The SMILES string of the molecule is CC(O)(CNC(=O)[C@@H]1[C@H](C(=O)O)C1(C)C)c1ccco1. The van der Waals surface area contributed by atoms with Gasteiger partial charge in [0.2, 0.25) is 5.91 Å². The van der Waals surface area contributed by atoms with Crippen LogP contribution in [0.5, 0.6) is 0 Å². The summed E-state index contributed by atoms with van der Waals surface area (Å²) in [6, 6.07) is 3.27. The van der Waals surface area contributed by atoms with Gasteiger partial charge < -0.3 is 19.9 Å². The summed E-state index contributed by atoms with van der Waals surface area (Å²) in [5.41, 5.74) is -1.87. The summed E-state index contributed by atoms with van der Waals surface area (Å²) in [5.74, 6) is -2.20. The summed E-state index contributed by atoms with van der Waals surface area (Å²) in [6.07, 6.45) is 1.44. The van der Waals surface area contributed by atoms with Gasteiger partial charge in [0.25, 0.3) is 0 Å². The van der Waals surface area contributed by atoms with Gasteiger partial charge in [-0.05, 0) is 24.5 Å². The summed E-state index contributed by atoms with van der Waals surface area (Å²) >= 11 is 0. The fourth-order valence-corrected chi connectivity index (χ4v) is 2.63.